The summed E-state index contributed by atoms with van der Waals surface area (Å²) < 4.78 is 0. The highest BCUT2D eigenvalue weighted by molar-refractivity contribution is 5.79. The van der Waals surface area contributed by atoms with Crippen molar-refractivity contribution in [2.45, 2.75) is 32.4 Å². The number of pyridine rings is 1. The summed E-state index contributed by atoms with van der Waals surface area (Å²) in [5.41, 5.74) is 3.41. The predicted molar refractivity (Wildman–Crippen MR) is 107 cm³/mol. The van der Waals surface area contributed by atoms with Crippen LogP contribution in [0.25, 0.3) is 0 Å². The number of guanidine groups is 1. The van der Waals surface area contributed by atoms with Crippen molar-refractivity contribution in [2.24, 2.45) is 4.99 Å². The largest absolute Gasteiger partial charge is 0.354 e. The molecule has 0 bridgehead atoms. The van der Waals surface area contributed by atoms with Gasteiger partial charge < -0.3 is 10.6 Å². The molecular weight excluding hydrogens is 322 g/mol. The minimum Gasteiger partial charge on any atom is -0.354 e. The molecule has 1 aromatic heterocycles. The number of nitrogens with zero attached hydrogens (tertiary/aromatic N) is 3. The van der Waals surface area contributed by atoms with E-state index in [-0.39, 0.29) is 0 Å². The third-order valence-corrected chi connectivity index (χ3v) is 4.84. The molecule has 2 N–H and O–H groups in total. The number of aliphatic imine (C=N–C) groups is 1. The molecule has 2 heterocycles. The Morgan fingerprint density at radius 1 is 1.08 bits per heavy atom. The second-order valence-corrected chi connectivity index (χ2v) is 6.75. The molecule has 1 aromatic carbocycles. The summed E-state index contributed by atoms with van der Waals surface area (Å²) in [6.45, 7) is 5.85. The van der Waals surface area contributed by atoms with E-state index in [0.717, 1.165) is 23.9 Å². The predicted octanol–water partition coefficient (Wildman–Crippen LogP) is 2.89. The lowest BCUT2D eigenvalue weighted by Gasteiger charge is -2.29. The topological polar surface area (TPSA) is 52.6 Å². The first-order valence-electron chi connectivity index (χ1n) is 9.42. The van der Waals surface area contributed by atoms with Crippen LogP contribution in [0, 0.1) is 6.92 Å². The lowest BCUT2D eigenvalue weighted by atomic mass is 10.1. The van der Waals surface area contributed by atoms with Gasteiger partial charge in [0, 0.05) is 19.3 Å². The molecule has 1 unspecified atom stereocenters. The van der Waals surface area contributed by atoms with Crippen molar-refractivity contribution in [1.82, 2.24) is 20.5 Å². The Kier molecular flexibility index (Phi) is 6.61. The highest BCUT2D eigenvalue weighted by atomic mass is 15.2. The van der Waals surface area contributed by atoms with Crippen LogP contribution in [0.3, 0.4) is 0 Å². The molecule has 5 nitrogen and oxygen atoms in total. The van der Waals surface area contributed by atoms with E-state index in [1.165, 1.54) is 31.5 Å². The van der Waals surface area contributed by atoms with E-state index in [4.69, 9.17) is 0 Å². The molecule has 138 valence electrons. The van der Waals surface area contributed by atoms with Crippen LogP contribution in [0.5, 0.6) is 0 Å². The van der Waals surface area contributed by atoms with Crippen LogP contribution in [-0.2, 0) is 6.54 Å². The molecule has 0 spiro atoms. The van der Waals surface area contributed by atoms with Gasteiger partial charge in [0.25, 0.3) is 0 Å². The third kappa shape index (κ3) is 5.05. The summed E-state index contributed by atoms with van der Waals surface area (Å²) in [7, 11) is 1.81. The summed E-state index contributed by atoms with van der Waals surface area (Å²) in [4.78, 5) is 11.5. The monoisotopic (exact) mass is 351 g/mol. The number of aryl methyl sites for hydroxylation is 1. The van der Waals surface area contributed by atoms with E-state index in [0.29, 0.717) is 12.6 Å². The van der Waals surface area contributed by atoms with Gasteiger partial charge in [0.1, 0.15) is 0 Å². The molecule has 1 saturated heterocycles. The molecule has 0 saturated carbocycles. The third-order valence-electron chi connectivity index (χ3n) is 4.84. The van der Waals surface area contributed by atoms with Crippen molar-refractivity contribution in [2.75, 3.05) is 26.7 Å². The van der Waals surface area contributed by atoms with E-state index < -0.39 is 0 Å². The van der Waals surface area contributed by atoms with Crippen LogP contribution in [-0.4, -0.2) is 42.5 Å². The lowest BCUT2D eigenvalue weighted by Crippen LogP contribution is -2.42. The van der Waals surface area contributed by atoms with Gasteiger partial charge in [0.05, 0.1) is 18.3 Å². The first kappa shape index (κ1) is 18.4. The normalized spacial score (nSPS) is 16.5. The molecule has 1 aliphatic rings. The number of aromatic nitrogens is 1. The summed E-state index contributed by atoms with van der Waals surface area (Å²) in [6, 6.07) is 17.2. The van der Waals surface area contributed by atoms with Gasteiger partial charge in [-0.3, -0.25) is 14.9 Å². The molecule has 5 heteroatoms. The van der Waals surface area contributed by atoms with E-state index >= 15 is 0 Å². The average molecular weight is 351 g/mol. The molecule has 1 aliphatic heterocycles. The summed E-state index contributed by atoms with van der Waals surface area (Å²) >= 11 is 0. The SMILES string of the molecule is CN=C(NCc1cccc(C)n1)NCC(c1ccccc1)N1CCCC1. The van der Waals surface area contributed by atoms with Crippen molar-refractivity contribution in [3.63, 3.8) is 0 Å². The Balaban J connectivity index is 1.59. The maximum Gasteiger partial charge on any atom is 0.191 e. The first-order chi connectivity index (χ1) is 12.8. The summed E-state index contributed by atoms with van der Waals surface area (Å²) in [6.07, 6.45) is 2.57. The zero-order chi connectivity index (χ0) is 18.2. The minimum atomic E-state index is 0.370. The summed E-state index contributed by atoms with van der Waals surface area (Å²) in [5, 5.41) is 6.87. The Morgan fingerprint density at radius 3 is 2.54 bits per heavy atom. The second-order valence-electron chi connectivity index (χ2n) is 6.75. The second kappa shape index (κ2) is 9.34. The number of hydrogen-bond donors (Lipinski definition) is 2. The average Bonchev–Trinajstić information content (AvgIpc) is 3.20. The number of rotatable bonds is 6. The molecule has 0 radical (unpaired) electrons. The zero-order valence-corrected chi connectivity index (χ0v) is 15.8. The van der Waals surface area contributed by atoms with E-state index in [1.807, 2.05) is 32.2 Å². The molecule has 1 fully saturated rings. The molecule has 3 rings (SSSR count). The molecule has 1 atom stereocenters. The molecule has 26 heavy (non-hydrogen) atoms. The molecular formula is C21H29N5. The molecule has 0 amide bonds. The number of hydrogen-bond acceptors (Lipinski definition) is 3. The first-order valence-corrected chi connectivity index (χ1v) is 9.42. The number of nitrogens with one attached hydrogen (secondary N) is 2. The Bertz CT molecular complexity index is 707. The highest BCUT2D eigenvalue weighted by Gasteiger charge is 2.23. The van der Waals surface area contributed by atoms with Crippen molar-refractivity contribution < 1.29 is 0 Å². The standard InChI is InChI=1S/C21H29N5/c1-17-9-8-12-19(25-17)15-23-21(22-2)24-16-20(26-13-6-7-14-26)18-10-4-3-5-11-18/h3-5,8-12,20H,6-7,13-16H2,1-2H3,(H2,22,23,24). The van der Waals surface area contributed by atoms with E-state index in [2.05, 4.69) is 55.8 Å². The van der Waals surface area contributed by atoms with Gasteiger partial charge in [-0.25, -0.2) is 0 Å². The van der Waals surface area contributed by atoms with Crippen LogP contribution in [0.15, 0.2) is 53.5 Å². The van der Waals surface area contributed by atoms with E-state index in [9.17, 15) is 0 Å². The fourth-order valence-electron chi connectivity index (χ4n) is 3.47. The summed E-state index contributed by atoms with van der Waals surface area (Å²) in [5.74, 6) is 0.813. The highest BCUT2D eigenvalue weighted by Crippen LogP contribution is 2.24. The van der Waals surface area contributed by atoms with Gasteiger partial charge in [-0.15, -0.1) is 0 Å². The fraction of sp³-hybridized carbons (Fsp3) is 0.429. The fourth-order valence-corrected chi connectivity index (χ4v) is 3.47. The van der Waals surface area contributed by atoms with Crippen LogP contribution in [0.1, 0.15) is 35.8 Å². The van der Waals surface area contributed by atoms with Crippen LogP contribution in [0.4, 0.5) is 0 Å². The van der Waals surface area contributed by atoms with Crippen LogP contribution < -0.4 is 10.6 Å². The van der Waals surface area contributed by atoms with Gasteiger partial charge >= 0.3 is 0 Å². The van der Waals surface area contributed by atoms with Crippen molar-refractivity contribution in [1.29, 1.82) is 0 Å². The van der Waals surface area contributed by atoms with Gasteiger partial charge in [-0.2, -0.15) is 0 Å². The maximum atomic E-state index is 4.53. The lowest BCUT2D eigenvalue weighted by molar-refractivity contribution is 0.245. The van der Waals surface area contributed by atoms with E-state index in [1.54, 1.807) is 0 Å². The Labute approximate surface area is 156 Å². The molecule has 2 aromatic rings. The van der Waals surface area contributed by atoms with Crippen molar-refractivity contribution in [3.05, 3.63) is 65.5 Å². The maximum absolute atomic E-state index is 4.53. The van der Waals surface area contributed by atoms with Crippen molar-refractivity contribution >= 4 is 5.96 Å². The van der Waals surface area contributed by atoms with Gasteiger partial charge in [-0.1, -0.05) is 36.4 Å². The van der Waals surface area contributed by atoms with Gasteiger partial charge in [0.15, 0.2) is 5.96 Å². The minimum absolute atomic E-state index is 0.370. The smallest absolute Gasteiger partial charge is 0.191 e. The Hall–Kier alpha value is -2.40. The van der Waals surface area contributed by atoms with Gasteiger partial charge in [-0.05, 0) is 50.6 Å². The number of likely N-dealkylation sites (tertiary alicyclic amines) is 1. The molecule has 0 aliphatic carbocycles. The van der Waals surface area contributed by atoms with Crippen molar-refractivity contribution in [3.8, 4) is 0 Å². The van der Waals surface area contributed by atoms with Crippen LogP contribution >= 0.6 is 0 Å². The quantitative estimate of drug-likeness (QED) is 0.621. The van der Waals surface area contributed by atoms with Gasteiger partial charge in [0.2, 0.25) is 0 Å². The van der Waals surface area contributed by atoms with Crippen LogP contribution in [0.2, 0.25) is 0 Å². The number of benzene rings is 1. The zero-order valence-electron chi connectivity index (χ0n) is 15.8. The Morgan fingerprint density at radius 2 is 1.85 bits per heavy atom.